The molecule has 0 radical (unpaired) electrons. The van der Waals surface area contributed by atoms with E-state index in [-0.39, 0.29) is 27.7 Å². The van der Waals surface area contributed by atoms with E-state index < -0.39 is 28.2 Å². The van der Waals surface area contributed by atoms with Crippen LogP contribution in [0, 0.1) is 6.92 Å². The Morgan fingerprint density at radius 2 is 1.69 bits per heavy atom. The van der Waals surface area contributed by atoms with Crippen molar-refractivity contribution in [3.05, 3.63) is 95.3 Å². The predicted molar refractivity (Wildman–Crippen MR) is 128 cm³/mol. The van der Waals surface area contributed by atoms with Crippen molar-refractivity contribution in [1.82, 2.24) is 9.29 Å². The number of nitrogens with one attached hydrogen (secondary N) is 1. The van der Waals surface area contributed by atoms with Crippen LogP contribution in [0.5, 0.6) is 0 Å². The first-order chi connectivity index (χ1) is 16.7. The number of esters is 1. The minimum Gasteiger partial charge on any atom is -0.452 e. The number of sulfonamides is 1. The highest BCUT2D eigenvalue weighted by Crippen LogP contribution is 2.37. The number of ether oxygens (including phenoxy) is 2. The van der Waals surface area contributed by atoms with Crippen molar-refractivity contribution in [1.29, 1.82) is 0 Å². The number of rotatable bonds is 6. The number of aromatic nitrogens is 1. The number of pyridine rings is 1. The van der Waals surface area contributed by atoms with Crippen molar-refractivity contribution in [3.8, 4) is 0 Å². The second-order valence-corrected chi connectivity index (χ2v) is 9.66. The van der Waals surface area contributed by atoms with Crippen molar-refractivity contribution in [3.63, 3.8) is 0 Å². The van der Waals surface area contributed by atoms with Gasteiger partial charge in [-0.3, -0.25) is 9.10 Å². The summed E-state index contributed by atoms with van der Waals surface area (Å²) in [5, 5.41) is 2.59. The van der Waals surface area contributed by atoms with Crippen LogP contribution in [0.25, 0.3) is 5.76 Å². The largest absolute Gasteiger partial charge is 0.452 e. The third kappa shape index (κ3) is 4.73. The molecule has 3 aromatic rings. The fourth-order valence-electron chi connectivity index (χ4n) is 3.60. The molecular weight excluding hydrogens is 470 g/mol. The van der Waals surface area contributed by atoms with Gasteiger partial charge in [-0.1, -0.05) is 36.4 Å². The summed E-state index contributed by atoms with van der Waals surface area (Å²) in [5.74, 6) is -1.18. The Bertz CT molecular complexity index is 1420. The summed E-state index contributed by atoms with van der Waals surface area (Å²) in [6.45, 7) is 3.27. The van der Waals surface area contributed by atoms with Gasteiger partial charge in [0.2, 0.25) is 6.29 Å². The first kappa shape index (κ1) is 24.0. The van der Waals surface area contributed by atoms with E-state index in [0.717, 1.165) is 9.87 Å². The highest BCUT2D eigenvalue weighted by atomic mass is 32.2. The molecule has 180 valence electrons. The van der Waals surface area contributed by atoms with Crippen molar-refractivity contribution in [2.24, 2.45) is 0 Å². The molecule has 0 saturated carbocycles. The van der Waals surface area contributed by atoms with Gasteiger partial charge in [0.25, 0.3) is 15.9 Å². The lowest BCUT2D eigenvalue weighted by Gasteiger charge is -2.31. The number of benzene rings is 2. The Morgan fingerprint density at radius 3 is 2.40 bits per heavy atom. The smallest absolute Gasteiger partial charge is 0.341 e. The van der Waals surface area contributed by atoms with Crippen molar-refractivity contribution in [2.75, 3.05) is 12.4 Å². The second-order valence-electron chi connectivity index (χ2n) is 7.72. The van der Waals surface area contributed by atoms with E-state index in [1.807, 2.05) is 0 Å². The fourth-order valence-corrected chi connectivity index (χ4v) is 4.99. The van der Waals surface area contributed by atoms with Gasteiger partial charge in [-0.05, 0) is 42.8 Å². The molecule has 0 saturated heterocycles. The molecule has 4 rings (SSSR count). The van der Waals surface area contributed by atoms with Gasteiger partial charge in [0, 0.05) is 25.7 Å². The highest BCUT2D eigenvalue weighted by molar-refractivity contribution is 7.89. The number of hydrogen-bond acceptors (Lipinski definition) is 7. The van der Waals surface area contributed by atoms with Crippen LogP contribution < -0.4 is 5.32 Å². The van der Waals surface area contributed by atoms with Crippen LogP contribution in [0.15, 0.2) is 83.5 Å². The molecule has 2 aromatic carbocycles. The quantitative estimate of drug-likeness (QED) is 0.412. The minimum absolute atomic E-state index is 0.0377. The number of nitrogens with zero attached hydrogens (tertiary/aromatic N) is 2. The van der Waals surface area contributed by atoms with E-state index in [1.54, 1.807) is 61.5 Å². The first-order valence-corrected chi connectivity index (χ1v) is 12.1. The predicted octanol–water partition coefficient (Wildman–Crippen LogP) is 3.55. The van der Waals surface area contributed by atoms with E-state index in [1.165, 1.54) is 32.3 Å². The number of likely N-dealkylation sites (N-methyl/N-ethyl adjacent to an activating group) is 1. The summed E-state index contributed by atoms with van der Waals surface area (Å²) in [6.07, 6.45) is 0.350. The van der Waals surface area contributed by atoms with Crippen LogP contribution in [-0.2, 0) is 24.3 Å². The molecule has 1 N–H and O–H groups in total. The second kappa shape index (κ2) is 9.59. The van der Waals surface area contributed by atoms with Gasteiger partial charge in [0.05, 0.1) is 10.5 Å². The molecule has 0 fully saturated rings. The van der Waals surface area contributed by atoms with E-state index in [9.17, 15) is 18.0 Å². The molecule has 1 atom stereocenters. The normalized spacial score (nSPS) is 15.1. The maximum absolute atomic E-state index is 13.3. The molecule has 0 spiro atoms. The fraction of sp³-hybridized carbons (Fsp3) is 0.160. The van der Waals surface area contributed by atoms with Crippen molar-refractivity contribution < 1.29 is 27.5 Å². The summed E-state index contributed by atoms with van der Waals surface area (Å²) in [5.41, 5.74) is 1.01. The lowest BCUT2D eigenvalue weighted by Crippen LogP contribution is -2.38. The van der Waals surface area contributed by atoms with Crippen LogP contribution >= 0.6 is 0 Å². The Kier molecular flexibility index (Phi) is 6.57. The number of carbonyl (C=O) groups is 2. The van der Waals surface area contributed by atoms with Crippen molar-refractivity contribution in [2.45, 2.75) is 25.0 Å². The summed E-state index contributed by atoms with van der Waals surface area (Å²) in [6, 6.07) is 18.0. The number of anilines is 1. The van der Waals surface area contributed by atoms with Crippen LogP contribution in [0.1, 0.15) is 28.4 Å². The SMILES string of the molecule is Cc1ccccc1C(=O)OC(C)OC1=C(C(=O)Nc2ccccn2)N(C)S(=O)(=O)c2ccccc21. The van der Waals surface area contributed by atoms with Gasteiger partial charge in [0.15, 0.2) is 11.5 Å². The van der Waals surface area contributed by atoms with Crippen molar-refractivity contribution >= 4 is 33.5 Å². The standard InChI is InChI=1S/C25H23N3O6S/c1-16-10-4-5-11-18(16)25(30)34-17(2)33-23-19-12-6-7-13-20(19)35(31,32)28(3)22(23)24(29)27-21-14-8-9-15-26-21/h4-15,17H,1-3H3,(H,26,27,29). The molecule has 1 amide bonds. The third-order valence-corrected chi connectivity index (χ3v) is 7.16. The van der Waals surface area contributed by atoms with Gasteiger partial charge in [-0.2, -0.15) is 0 Å². The zero-order valence-electron chi connectivity index (χ0n) is 19.3. The zero-order chi connectivity index (χ0) is 25.2. The van der Waals surface area contributed by atoms with Gasteiger partial charge in [0.1, 0.15) is 5.82 Å². The van der Waals surface area contributed by atoms with Gasteiger partial charge < -0.3 is 14.8 Å². The van der Waals surface area contributed by atoms with Gasteiger partial charge >= 0.3 is 5.97 Å². The number of fused-ring (bicyclic) bond motifs is 1. The molecular formula is C25H23N3O6S. The molecule has 9 nitrogen and oxygen atoms in total. The maximum Gasteiger partial charge on any atom is 0.341 e. The minimum atomic E-state index is -4.04. The van der Waals surface area contributed by atoms with E-state index in [0.29, 0.717) is 5.56 Å². The molecule has 1 aromatic heterocycles. The average Bonchev–Trinajstić information content (AvgIpc) is 2.83. The Labute approximate surface area is 203 Å². The molecule has 1 aliphatic rings. The number of hydrogen-bond donors (Lipinski definition) is 1. The maximum atomic E-state index is 13.3. The average molecular weight is 494 g/mol. The lowest BCUT2D eigenvalue weighted by molar-refractivity contribution is -0.114. The highest BCUT2D eigenvalue weighted by Gasteiger charge is 2.39. The Morgan fingerprint density at radius 1 is 1.00 bits per heavy atom. The number of carbonyl (C=O) groups excluding carboxylic acids is 2. The van der Waals surface area contributed by atoms with Crippen LogP contribution in [0.3, 0.4) is 0 Å². The summed E-state index contributed by atoms with van der Waals surface area (Å²) < 4.78 is 38.6. The summed E-state index contributed by atoms with van der Waals surface area (Å²) in [7, 11) is -2.79. The number of amides is 1. The van der Waals surface area contributed by atoms with Gasteiger partial charge in [-0.15, -0.1) is 0 Å². The zero-order valence-corrected chi connectivity index (χ0v) is 20.1. The molecule has 35 heavy (non-hydrogen) atoms. The monoisotopic (exact) mass is 493 g/mol. The van der Waals surface area contributed by atoms with E-state index in [4.69, 9.17) is 9.47 Å². The van der Waals surface area contributed by atoms with Gasteiger partial charge in [-0.25, -0.2) is 18.2 Å². The lowest BCUT2D eigenvalue weighted by atomic mass is 10.1. The third-order valence-electron chi connectivity index (χ3n) is 5.34. The molecule has 2 heterocycles. The molecule has 0 aliphatic carbocycles. The topological polar surface area (TPSA) is 115 Å². The molecule has 1 aliphatic heterocycles. The van der Waals surface area contributed by atoms with Crippen LogP contribution in [0.4, 0.5) is 5.82 Å². The molecule has 0 bridgehead atoms. The number of aryl methyl sites for hydroxylation is 1. The first-order valence-electron chi connectivity index (χ1n) is 10.7. The molecule has 10 heteroatoms. The Balaban J connectivity index is 1.73. The Hall–Kier alpha value is -4.18. The van der Waals surface area contributed by atoms with E-state index in [2.05, 4.69) is 10.3 Å². The van der Waals surface area contributed by atoms with E-state index >= 15 is 0 Å². The van der Waals surface area contributed by atoms with Crippen LogP contribution in [-0.4, -0.2) is 42.9 Å². The van der Waals surface area contributed by atoms with Crippen LogP contribution in [0.2, 0.25) is 0 Å². The molecule has 1 unspecified atom stereocenters. The summed E-state index contributed by atoms with van der Waals surface area (Å²) in [4.78, 5) is 29.9. The summed E-state index contributed by atoms with van der Waals surface area (Å²) >= 11 is 0.